The van der Waals surface area contributed by atoms with Gasteiger partial charge in [-0.3, -0.25) is 0 Å². The van der Waals surface area contributed by atoms with Crippen LogP contribution in [-0.4, -0.2) is 60.8 Å². The summed E-state index contributed by atoms with van der Waals surface area (Å²) in [7, 11) is 0. The molecule has 0 saturated carbocycles. The number of anilines is 2. The van der Waals surface area contributed by atoms with Crippen molar-refractivity contribution in [2.24, 2.45) is 5.73 Å². The summed E-state index contributed by atoms with van der Waals surface area (Å²) in [4.78, 5) is 4.64. The Morgan fingerprint density at radius 3 is 2.70 bits per heavy atom. The summed E-state index contributed by atoms with van der Waals surface area (Å²) in [5, 5.41) is 8.83. The minimum absolute atomic E-state index is 0.0738. The highest BCUT2D eigenvalue weighted by molar-refractivity contribution is 5.59. The van der Waals surface area contributed by atoms with Crippen LogP contribution in [-0.2, 0) is 16.0 Å². The van der Waals surface area contributed by atoms with Gasteiger partial charge in [0, 0.05) is 38.7 Å². The number of rotatable bonds is 3. The van der Waals surface area contributed by atoms with E-state index in [1.165, 1.54) is 6.42 Å². The number of nitrogens with two attached hydrogens (primary N) is 1. The van der Waals surface area contributed by atoms with Gasteiger partial charge in [0.1, 0.15) is 5.69 Å². The molecule has 2 N–H and O–H groups in total. The first-order valence-corrected chi connectivity index (χ1v) is 8.39. The molecular formula is C16H25N5O2. The first kappa shape index (κ1) is 15.1. The van der Waals surface area contributed by atoms with E-state index >= 15 is 0 Å². The molecule has 1 aromatic rings. The first-order chi connectivity index (χ1) is 11.1. The van der Waals surface area contributed by atoms with E-state index in [-0.39, 0.29) is 5.54 Å². The standard InChI is InChI=1S/C16H25N5O2/c1-16(2)10-22-4-3-21(16)14-6-15(19-18-13(14)7-17)20-8-11-5-12(9-20)23-11/h6,11-12H,3-5,7-10,17H2,1-2H3. The van der Waals surface area contributed by atoms with E-state index in [4.69, 9.17) is 15.2 Å². The Balaban J connectivity index is 1.65. The molecule has 2 atom stereocenters. The first-order valence-electron chi connectivity index (χ1n) is 8.39. The molecule has 4 fully saturated rings. The van der Waals surface area contributed by atoms with Crippen molar-refractivity contribution in [2.45, 2.75) is 44.6 Å². The molecule has 4 saturated heterocycles. The van der Waals surface area contributed by atoms with Gasteiger partial charge in [0.05, 0.1) is 36.6 Å². The van der Waals surface area contributed by atoms with Crippen molar-refractivity contribution in [3.8, 4) is 0 Å². The third kappa shape index (κ3) is 2.66. The van der Waals surface area contributed by atoms with E-state index in [1.807, 2.05) is 0 Å². The molecule has 0 amide bonds. The second-order valence-corrected chi connectivity index (χ2v) is 7.28. The average Bonchev–Trinajstić information content (AvgIpc) is 2.53. The molecule has 5 rings (SSSR count). The number of ether oxygens (including phenoxy) is 2. The van der Waals surface area contributed by atoms with E-state index in [0.29, 0.717) is 25.4 Å². The lowest BCUT2D eigenvalue weighted by Gasteiger charge is -2.48. The van der Waals surface area contributed by atoms with Crippen molar-refractivity contribution in [3.63, 3.8) is 0 Å². The second kappa shape index (κ2) is 5.58. The molecule has 0 aliphatic carbocycles. The maximum atomic E-state index is 5.91. The molecular weight excluding hydrogens is 294 g/mol. The van der Waals surface area contributed by atoms with Gasteiger partial charge in [-0.25, -0.2) is 0 Å². The zero-order chi connectivity index (χ0) is 16.0. The Labute approximate surface area is 136 Å². The maximum absolute atomic E-state index is 5.91. The molecule has 7 heteroatoms. The van der Waals surface area contributed by atoms with Crippen molar-refractivity contribution < 1.29 is 9.47 Å². The SMILES string of the molecule is CC1(C)COCCN1c1cc(N2CC3CC(C2)O3)nnc1CN. The summed E-state index contributed by atoms with van der Waals surface area (Å²) < 4.78 is 11.4. The van der Waals surface area contributed by atoms with Gasteiger partial charge in [0.15, 0.2) is 5.82 Å². The van der Waals surface area contributed by atoms with E-state index in [0.717, 1.165) is 43.4 Å². The van der Waals surface area contributed by atoms with Gasteiger partial charge in [0.25, 0.3) is 0 Å². The summed E-state index contributed by atoms with van der Waals surface area (Å²) in [5.74, 6) is 0.928. The fourth-order valence-electron chi connectivity index (χ4n) is 3.78. The largest absolute Gasteiger partial charge is 0.377 e. The van der Waals surface area contributed by atoms with Crippen LogP contribution in [0.2, 0.25) is 0 Å². The zero-order valence-corrected chi connectivity index (χ0v) is 13.9. The van der Waals surface area contributed by atoms with Crippen LogP contribution in [0.5, 0.6) is 0 Å². The second-order valence-electron chi connectivity index (χ2n) is 7.28. The topological polar surface area (TPSA) is 76.7 Å². The molecule has 0 spiro atoms. The highest BCUT2D eigenvalue weighted by Crippen LogP contribution is 2.34. The molecule has 0 radical (unpaired) electrons. The number of morpholine rings is 2. The Morgan fingerprint density at radius 2 is 2.04 bits per heavy atom. The molecule has 4 aliphatic heterocycles. The van der Waals surface area contributed by atoms with Crippen LogP contribution in [0, 0.1) is 0 Å². The lowest BCUT2D eigenvalue weighted by Crippen LogP contribution is -2.57. The van der Waals surface area contributed by atoms with Gasteiger partial charge in [-0.15, -0.1) is 10.2 Å². The average molecular weight is 319 g/mol. The zero-order valence-electron chi connectivity index (χ0n) is 13.9. The lowest BCUT2D eigenvalue weighted by molar-refractivity contribution is -0.133. The summed E-state index contributed by atoms with van der Waals surface area (Å²) in [6, 6.07) is 2.15. The predicted molar refractivity (Wildman–Crippen MR) is 87.7 cm³/mol. The van der Waals surface area contributed by atoms with Gasteiger partial charge in [-0.05, 0) is 13.8 Å². The molecule has 1 aromatic heterocycles. The molecule has 2 bridgehead atoms. The van der Waals surface area contributed by atoms with Gasteiger partial charge in [-0.2, -0.15) is 0 Å². The van der Waals surface area contributed by atoms with Crippen LogP contribution >= 0.6 is 0 Å². The summed E-state index contributed by atoms with van der Waals surface area (Å²) in [6.45, 7) is 8.86. The van der Waals surface area contributed by atoms with Crippen LogP contribution in [0.3, 0.4) is 0 Å². The number of aromatic nitrogens is 2. The molecule has 7 nitrogen and oxygen atoms in total. The maximum Gasteiger partial charge on any atom is 0.153 e. The van der Waals surface area contributed by atoms with Gasteiger partial charge in [0.2, 0.25) is 0 Å². The number of fused-ring (bicyclic) bond motifs is 2. The van der Waals surface area contributed by atoms with Crippen LogP contribution in [0.4, 0.5) is 11.5 Å². The fraction of sp³-hybridized carbons (Fsp3) is 0.750. The molecule has 4 aliphatic rings. The van der Waals surface area contributed by atoms with Crippen molar-refractivity contribution in [1.82, 2.24) is 10.2 Å². The quantitative estimate of drug-likeness (QED) is 0.870. The highest BCUT2D eigenvalue weighted by Gasteiger charge is 2.39. The Kier molecular flexibility index (Phi) is 3.66. The van der Waals surface area contributed by atoms with Gasteiger partial charge < -0.3 is 25.0 Å². The van der Waals surface area contributed by atoms with Crippen LogP contribution in [0.25, 0.3) is 0 Å². The third-order valence-electron chi connectivity index (χ3n) is 5.05. The molecule has 23 heavy (non-hydrogen) atoms. The van der Waals surface area contributed by atoms with Crippen molar-refractivity contribution in [2.75, 3.05) is 42.6 Å². The predicted octanol–water partition coefficient (Wildman–Crippen LogP) is 0.528. The Morgan fingerprint density at radius 1 is 1.30 bits per heavy atom. The summed E-state index contributed by atoms with van der Waals surface area (Å²) >= 11 is 0. The number of hydrogen-bond acceptors (Lipinski definition) is 7. The van der Waals surface area contributed by atoms with E-state index in [2.05, 4.69) is 39.9 Å². The normalized spacial score (nSPS) is 29.3. The number of piperidine rings is 1. The van der Waals surface area contributed by atoms with Crippen LogP contribution < -0.4 is 15.5 Å². The van der Waals surface area contributed by atoms with Crippen LogP contribution in [0.1, 0.15) is 26.0 Å². The van der Waals surface area contributed by atoms with E-state index < -0.39 is 0 Å². The van der Waals surface area contributed by atoms with Crippen molar-refractivity contribution in [3.05, 3.63) is 11.8 Å². The van der Waals surface area contributed by atoms with E-state index in [1.54, 1.807) is 0 Å². The molecule has 2 unspecified atom stereocenters. The smallest absolute Gasteiger partial charge is 0.153 e. The number of nitrogens with zero attached hydrogens (tertiary/aromatic N) is 4. The fourth-order valence-corrected chi connectivity index (χ4v) is 3.78. The molecule has 5 heterocycles. The lowest BCUT2D eigenvalue weighted by atomic mass is 9.98. The number of hydrogen-bond donors (Lipinski definition) is 1. The van der Waals surface area contributed by atoms with Gasteiger partial charge >= 0.3 is 0 Å². The van der Waals surface area contributed by atoms with Crippen molar-refractivity contribution >= 4 is 11.5 Å². The van der Waals surface area contributed by atoms with Gasteiger partial charge in [-0.1, -0.05) is 0 Å². The molecule has 0 aromatic carbocycles. The summed E-state index contributed by atoms with van der Waals surface area (Å²) in [5.41, 5.74) is 7.77. The molecule has 126 valence electrons. The van der Waals surface area contributed by atoms with Crippen LogP contribution in [0.15, 0.2) is 6.07 Å². The minimum Gasteiger partial charge on any atom is -0.377 e. The summed E-state index contributed by atoms with van der Waals surface area (Å²) in [6.07, 6.45) is 1.88. The highest BCUT2D eigenvalue weighted by atomic mass is 16.5. The third-order valence-corrected chi connectivity index (χ3v) is 5.05. The van der Waals surface area contributed by atoms with Crippen molar-refractivity contribution in [1.29, 1.82) is 0 Å². The Bertz CT molecular complexity index is 578. The van der Waals surface area contributed by atoms with E-state index in [9.17, 15) is 0 Å². The Hall–Kier alpha value is -1.44. The minimum atomic E-state index is -0.0738. The monoisotopic (exact) mass is 319 g/mol.